The van der Waals surface area contributed by atoms with Crippen molar-refractivity contribution < 1.29 is 4.79 Å². The van der Waals surface area contributed by atoms with Crippen LogP contribution in [-0.4, -0.2) is 30.4 Å². The van der Waals surface area contributed by atoms with Gasteiger partial charge in [0.25, 0.3) is 5.91 Å². The summed E-state index contributed by atoms with van der Waals surface area (Å²) >= 11 is 1.53. The van der Waals surface area contributed by atoms with Crippen LogP contribution in [0.4, 0.5) is 0 Å². The van der Waals surface area contributed by atoms with Gasteiger partial charge < -0.3 is 5.32 Å². The lowest BCUT2D eigenvalue weighted by Gasteiger charge is -2.32. The molecule has 23 heavy (non-hydrogen) atoms. The van der Waals surface area contributed by atoms with E-state index in [1.54, 1.807) is 0 Å². The van der Waals surface area contributed by atoms with Gasteiger partial charge in [-0.15, -0.1) is 11.3 Å². The zero-order chi connectivity index (χ0) is 16.1. The highest BCUT2D eigenvalue weighted by molar-refractivity contribution is 7.12. The van der Waals surface area contributed by atoms with Crippen LogP contribution in [0.3, 0.4) is 0 Å². The molecule has 1 aliphatic heterocycles. The molecule has 0 unspecified atom stereocenters. The van der Waals surface area contributed by atoms with Crippen molar-refractivity contribution in [3.8, 4) is 0 Å². The van der Waals surface area contributed by atoms with Gasteiger partial charge in [-0.2, -0.15) is 0 Å². The van der Waals surface area contributed by atoms with Gasteiger partial charge >= 0.3 is 0 Å². The van der Waals surface area contributed by atoms with Crippen molar-refractivity contribution in [1.82, 2.24) is 10.2 Å². The van der Waals surface area contributed by atoms with Gasteiger partial charge in [-0.25, -0.2) is 0 Å². The molecule has 122 valence electrons. The second-order valence-electron chi connectivity index (χ2n) is 6.40. The number of hydrogen-bond donors (Lipinski definition) is 1. The monoisotopic (exact) mass is 328 g/mol. The summed E-state index contributed by atoms with van der Waals surface area (Å²) in [6.07, 6.45) is 2.33. The van der Waals surface area contributed by atoms with Crippen LogP contribution in [0.15, 0.2) is 41.8 Å². The number of thiophene rings is 1. The summed E-state index contributed by atoms with van der Waals surface area (Å²) in [5.74, 6) is 0.682. The van der Waals surface area contributed by atoms with Crippen molar-refractivity contribution in [3.05, 3.63) is 57.8 Å². The SMILES string of the molecule is Cc1csc(C(=O)NCC2CCN(Cc3ccccc3)CC2)c1. The van der Waals surface area contributed by atoms with E-state index in [1.807, 2.05) is 18.4 Å². The standard InChI is InChI=1S/C19H24N2OS/c1-15-11-18(23-14-15)19(22)20-12-16-7-9-21(10-8-16)13-17-5-3-2-4-6-17/h2-6,11,14,16H,7-10,12-13H2,1H3,(H,20,22). The van der Waals surface area contributed by atoms with E-state index in [1.165, 1.54) is 16.9 Å². The molecule has 1 saturated heterocycles. The first kappa shape index (κ1) is 16.2. The third kappa shape index (κ3) is 4.66. The Balaban J connectivity index is 1.40. The van der Waals surface area contributed by atoms with Crippen LogP contribution in [-0.2, 0) is 6.54 Å². The number of carbonyl (C=O) groups excluding carboxylic acids is 1. The van der Waals surface area contributed by atoms with Crippen LogP contribution in [0.25, 0.3) is 0 Å². The molecule has 0 saturated carbocycles. The summed E-state index contributed by atoms with van der Waals surface area (Å²) in [6, 6.07) is 12.6. The Kier molecular flexibility index (Phi) is 5.47. The molecule has 3 nitrogen and oxygen atoms in total. The van der Waals surface area contributed by atoms with Gasteiger partial charge in [0, 0.05) is 13.1 Å². The Morgan fingerprint density at radius 1 is 1.26 bits per heavy atom. The molecule has 1 N–H and O–H groups in total. The molecule has 4 heteroatoms. The molecule has 0 aliphatic carbocycles. The van der Waals surface area contributed by atoms with Gasteiger partial charge in [0.2, 0.25) is 0 Å². The number of nitrogens with zero attached hydrogens (tertiary/aromatic N) is 1. The van der Waals surface area contributed by atoms with Crippen LogP contribution in [0.5, 0.6) is 0 Å². The largest absolute Gasteiger partial charge is 0.351 e. The van der Waals surface area contributed by atoms with Crippen molar-refractivity contribution in [2.75, 3.05) is 19.6 Å². The lowest BCUT2D eigenvalue weighted by atomic mass is 9.96. The third-order valence-corrected chi connectivity index (χ3v) is 5.51. The zero-order valence-electron chi connectivity index (χ0n) is 13.6. The highest BCUT2D eigenvalue weighted by Crippen LogP contribution is 2.19. The number of benzene rings is 1. The molecule has 0 atom stereocenters. The number of rotatable bonds is 5. The molecular formula is C19H24N2OS. The summed E-state index contributed by atoms with van der Waals surface area (Å²) in [7, 11) is 0. The first-order chi connectivity index (χ1) is 11.2. The highest BCUT2D eigenvalue weighted by atomic mass is 32.1. The second kappa shape index (κ2) is 7.75. The predicted octanol–water partition coefficient (Wildman–Crippen LogP) is 3.70. The van der Waals surface area contributed by atoms with E-state index in [-0.39, 0.29) is 5.91 Å². The van der Waals surface area contributed by atoms with Gasteiger partial charge in [0.15, 0.2) is 0 Å². The number of carbonyl (C=O) groups is 1. The fourth-order valence-corrected chi connectivity index (χ4v) is 3.88. The smallest absolute Gasteiger partial charge is 0.261 e. The molecular weight excluding hydrogens is 304 g/mol. The normalized spacial score (nSPS) is 16.4. The van der Waals surface area contributed by atoms with Crippen molar-refractivity contribution in [2.24, 2.45) is 5.92 Å². The number of likely N-dealkylation sites (tertiary alicyclic amines) is 1. The van der Waals surface area contributed by atoms with Crippen molar-refractivity contribution in [2.45, 2.75) is 26.3 Å². The predicted molar refractivity (Wildman–Crippen MR) is 95.8 cm³/mol. The Hall–Kier alpha value is -1.65. The highest BCUT2D eigenvalue weighted by Gasteiger charge is 2.20. The average Bonchev–Trinajstić information content (AvgIpc) is 3.01. The Labute approximate surface area is 142 Å². The zero-order valence-corrected chi connectivity index (χ0v) is 14.4. The molecule has 0 radical (unpaired) electrons. The van der Waals surface area contributed by atoms with Gasteiger partial charge in [-0.05, 0) is 61.3 Å². The van der Waals surface area contributed by atoms with Crippen molar-refractivity contribution >= 4 is 17.2 Å². The minimum absolute atomic E-state index is 0.0785. The molecule has 1 amide bonds. The number of nitrogens with one attached hydrogen (secondary N) is 1. The van der Waals surface area contributed by atoms with Crippen molar-refractivity contribution in [1.29, 1.82) is 0 Å². The molecule has 1 aliphatic rings. The van der Waals surface area contributed by atoms with Crippen LogP contribution in [0.1, 0.15) is 33.6 Å². The van der Waals surface area contributed by atoms with Crippen LogP contribution >= 0.6 is 11.3 Å². The average molecular weight is 328 g/mol. The number of piperidine rings is 1. The van der Waals surface area contributed by atoms with E-state index < -0.39 is 0 Å². The summed E-state index contributed by atoms with van der Waals surface area (Å²) in [6.45, 7) is 6.10. The van der Waals surface area contributed by atoms with Crippen LogP contribution < -0.4 is 5.32 Å². The van der Waals surface area contributed by atoms with Crippen LogP contribution in [0, 0.1) is 12.8 Å². The first-order valence-electron chi connectivity index (χ1n) is 8.30. The lowest BCUT2D eigenvalue weighted by Crippen LogP contribution is -2.38. The Bertz CT molecular complexity index is 630. The molecule has 0 spiro atoms. The van der Waals surface area contributed by atoms with Crippen molar-refractivity contribution in [3.63, 3.8) is 0 Å². The molecule has 3 rings (SSSR count). The molecule has 1 aromatic carbocycles. The molecule has 1 aromatic heterocycles. The molecule has 2 heterocycles. The molecule has 1 fully saturated rings. The topological polar surface area (TPSA) is 32.3 Å². The van der Waals surface area contributed by atoms with E-state index in [2.05, 4.69) is 40.5 Å². The van der Waals surface area contributed by atoms with Gasteiger partial charge in [0.1, 0.15) is 0 Å². The third-order valence-electron chi connectivity index (χ3n) is 4.46. The Morgan fingerprint density at radius 3 is 2.65 bits per heavy atom. The maximum atomic E-state index is 12.1. The van der Waals surface area contributed by atoms with Gasteiger partial charge in [-0.1, -0.05) is 30.3 Å². The summed E-state index contributed by atoms with van der Waals surface area (Å²) in [5.41, 5.74) is 2.54. The summed E-state index contributed by atoms with van der Waals surface area (Å²) in [5, 5.41) is 5.12. The van der Waals surface area contributed by atoms with Gasteiger partial charge in [0.05, 0.1) is 4.88 Å². The van der Waals surface area contributed by atoms with E-state index in [0.29, 0.717) is 5.92 Å². The fourth-order valence-electron chi connectivity index (χ4n) is 3.06. The lowest BCUT2D eigenvalue weighted by molar-refractivity contribution is 0.0939. The quantitative estimate of drug-likeness (QED) is 0.908. The Morgan fingerprint density at radius 2 is 2.00 bits per heavy atom. The van der Waals surface area contributed by atoms with E-state index in [0.717, 1.165) is 49.5 Å². The minimum atomic E-state index is 0.0785. The molecule has 0 bridgehead atoms. The maximum Gasteiger partial charge on any atom is 0.261 e. The van der Waals surface area contributed by atoms with E-state index in [4.69, 9.17) is 0 Å². The summed E-state index contributed by atoms with van der Waals surface area (Å²) in [4.78, 5) is 15.4. The maximum absolute atomic E-state index is 12.1. The number of aryl methyl sites for hydroxylation is 1. The molecule has 2 aromatic rings. The van der Waals surface area contributed by atoms with E-state index >= 15 is 0 Å². The summed E-state index contributed by atoms with van der Waals surface area (Å²) < 4.78 is 0. The second-order valence-corrected chi connectivity index (χ2v) is 7.31. The number of hydrogen-bond acceptors (Lipinski definition) is 3. The van der Waals surface area contributed by atoms with E-state index in [9.17, 15) is 4.79 Å². The minimum Gasteiger partial charge on any atom is -0.351 e. The first-order valence-corrected chi connectivity index (χ1v) is 9.18. The van der Waals surface area contributed by atoms with Gasteiger partial charge in [-0.3, -0.25) is 9.69 Å². The number of amides is 1. The van der Waals surface area contributed by atoms with Crippen LogP contribution in [0.2, 0.25) is 0 Å². The fraction of sp³-hybridized carbons (Fsp3) is 0.421.